The summed E-state index contributed by atoms with van der Waals surface area (Å²) in [5, 5.41) is 3.30. The third kappa shape index (κ3) is 2.36. The van der Waals surface area contributed by atoms with Crippen LogP contribution in [0.1, 0.15) is 22.1 Å². The fourth-order valence-corrected chi connectivity index (χ4v) is 10.5. The highest BCUT2D eigenvalue weighted by atomic mass is 32.2. The van der Waals surface area contributed by atoms with Gasteiger partial charge in [0.2, 0.25) is 11.8 Å². The number of para-hydroxylation sites is 1. The summed E-state index contributed by atoms with van der Waals surface area (Å²) in [4.78, 5) is 46.1. The number of nitrogens with zero attached hydrogens (tertiary/aromatic N) is 1. The summed E-state index contributed by atoms with van der Waals surface area (Å²) >= 11 is 4.77. The van der Waals surface area contributed by atoms with Crippen molar-refractivity contribution in [3.8, 4) is 0 Å². The molecular formula is C23H18N2O3S3. The number of thiophene rings is 1. The molecule has 7 atom stereocenters. The number of carbonyl (C=O) groups excluding carboxylic acids is 2. The number of thiazole rings is 1. The first-order valence-corrected chi connectivity index (χ1v) is 13.1. The van der Waals surface area contributed by atoms with Crippen molar-refractivity contribution in [2.24, 2.45) is 29.6 Å². The molecule has 1 N–H and O–H groups in total. The Hall–Kier alpha value is -2.16. The highest BCUT2D eigenvalue weighted by Crippen LogP contribution is 2.68. The van der Waals surface area contributed by atoms with Crippen LogP contribution in [0.4, 0.5) is 5.69 Å². The van der Waals surface area contributed by atoms with Crippen LogP contribution in [0.5, 0.6) is 0 Å². The van der Waals surface area contributed by atoms with E-state index in [1.165, 1.54) is 21.1 Å². The van der Waals surface area contributed by atoms with Crippen LogP contribution < -0.4 is 9.77 Å². The molecule has 2 saturated carbocycles. The van der Waals surface area contributed by atoms with Crippen LogP contribution in [0, 0.1) is 29.6 Å². The molecule has 0 spiro atoms. The van der Waals surface area contributed by atoms with Gasteiger partial charge in [0.25, 0.3) is 0 Å². The van der Waals surface area contributed by atoms with E-state index in [-0.39, 0.29) is 57.4 Å². The molecule has 0 radical (unpaired) electrons. The SMILES string of the molecule is O=C1[C@@H]2[C@@H]3C[C@@H]([C@@H]4Sc5[nH]c(=O)sc5[C@@H](c5cccs5)[C@H]34)[C@@H]2C(=O)N1c1ccccc1. The summed E-state index contributed by atoms with van der Waals surface area (Å²) in [5.74, 6) is 0.224. The summed E-state index contributed by atoms with van der Waals surface area (Å²) in [7, 11) is 0. The van der Waals surface area contributed by atoms with Crippen LogP contribution in [-0.2, 0) is 9.59 Å². The quantitative estimate of drug-likeness (QED) is 0.576. The normalized spacial score (nSPS) is 35.4. The fraction of sp³-hybridized carbons (Fsp3) is 0.348. The van der Waals surface area contributed by atoms with Gasteiger partial charge in [-0.1, -0.05) is 35.6 Å². The van der Waals surface area contributed by atoms with Crippen LogP contribution in [0.3, 0.4) is 0 Å². The van der Waals surface area contributed by atoms with Gasteiger partial charge in [0.1, 0.15) is 0 Å². The number of fused-ring (bicyclic) bond motifs is 9. The lowest BCUT2D eigenvalue weighted by atomic mass is 9.69. The van der Waals surface area contributed by atoms with Gasteiger partial charge in [-0.25, -0.2) is 0 Å². The minimum atomic E-state index is -0.237. The molecule has 1 aromatic carbocycles. The number of nitrogens with one attached hydrogen (secondary N) is 1. The zero-order valence-electron chi connectivity index (χ0n) is 16.3. The molecule has 2 amide bonds. The molecule has 156 valence electrons. The van der Waals surface area contributed by atoms with Crippen LogP contribution in [0.2, 0.25) is 0 Å². The van der Waals surface area contributed by atoms with Crippen LogP contribution in [0.25, 0.3) is 0 Å². The van der Waals surface area contributed by atoms with Gasteiger partial charge in [0.15, 0.2) is 0 Å². The monoisotopic (exact) mass is 466 g/mol. The average Bonchev–Trinajstić information content (AvgIpc) is 3.56. The van der Waals surface area contributed by atoms with Crippen LogP contribution >= 0.6 is 34.4 Å². The lowest BCUT2D eigenvalue weighted by molar-refractivity contribution is -0.123. The standard InChI is InChI=1S/C23H18N2O3S3/c26-21-15-11-9-12(16(15)22(27)25(21)10-5-2-1-3-6-10)18-14(11)17(13-7-4-8-29-13)19-20(30-18)24-23(28)31-19/h1-8,11-12,14-18H,9H2,(H,24,28)/t11-,12-,14+,15-,16+,17+,18+/m1/s1. The molecular weight excluding hydrogens is 448 g/mol. The maximum atomic E-state index is 13.6. The molecule has 7 rings (SSSR count). The van der Waals surface area contributed by atoms with Gasteiger partial charge >= 0.3 is 4.87 Å². The summed E-state index contributed by atoms with van der Waals surface area (Å²) < 4.78 is 0. The zero-order valence-corrected chi connectivity index (χ0v) is 18.7. The van der Waals surface area contributed by atoms with Crippen molar-refractivity contribution in [3.05, 3.63) is 67.3 Å². The number of hydrogen-bond donors (Lipinski definition) is 1. The Morgan fingerprint density at radius 1 is 0.935 bits per heavy atom. The van der Waals surface area contributed by atoms with Gasteiger partial charge in [0, 0.05) is 20.9 Å². The molecule has 2 aliphatic heterocycles. The largest absolute Gasteiger partial charge is 0.307 e. The number of hydrogen-bond acceptors (Lipinski definition) is 6. The molecule has 0 unspecified atom stereocenters. The Bertz CT molecular complexity index is 1260. The first-order valence-electron chi connectivity index (χ1n) is 10.5. The lowest BCUT2D eigenvalue weighted by Crippen LogP contribution is -2.42. The van der Waals surface area contributed by atoms with Gasteiger partial charge < -0.3 is 4.98 Å². The van der Waals surface area contributed by atoms with Gasteiger partial charge in [-0.2, -0.15) is 0 Å². The molecule has 2 bridgehead atoms. The molecule has 31 heavy (non-hydrogen) atoms. The number of amides is 2. The predicted octanol–water partition coefficient (Wildman–Crippen LogP) is 4.18. The van der Waals surface area contributed by atoms with Gasteiger partial charge in [-0.15, -0.1) is 23.1 Å². The Morgan fingerprint density at radius 2 is 1.71 bits per heavy atom. The van der Waals surface area contributed by atoms with E-state index in [2.05, 4.69) is 22.5 Å². The maximum absolute atomic E-state index is 13.6. The van der Waals surface area contributed by atoms with E-state index in [1.807, 2.05) is 30.3 Å². The molecule has 2 aromatic heterocycles. The first-order chi connectivity index (χ1) is 15.1. The number of rotatable bonds is 2. The molecule has 4 aliphatic rings. The Balaban J connectivity index is 1.34. The molecule has 2 aliphatic carbocycles. The Kier molecular flexibility index (Phi) is 3.82. The zero-order chi connectivity index (χ0) is 20.9. The number of aromatic nitrogens is 1. The molecule has 5 nitrogen and oxygen atoms in total. The van der Waals surface area contributed by atoms with Crippen molar-refractivity contribution in [1.82, 2.24) is 4.98 Å². The second-order valence-electron chi connectivity index (χ2n) is 8.82. The van der Waals surface area contributed by atoms with E-state index < -0.39 is 0 Å². The van der Waals surface area contributed by atoms with E-state index >= 15 is 0 Å². The van der Waals surface area contributed by atoms with E-state index in [4.69, 9.17) is 0 Å². The number of benzene rings is 1. The minimum absolute atomic E-state index is 0.0195. The van der Waals surface area contributed by atoms with Crippen molar-refractivity contribution in [1.29, 1.82) is 0 Å². The third-order valence-electron chi connectivity index (χ3n) is 7.59. The number of imide groups is 1. The maximum Gasteiger partial charge on any atom is 0.305 e. The Morgan fingerprint density at radius 3 is 2.45 bits per heavy atom. The minimum Gasteiger partial charge on any atom is -0.307 e. The van der Waals surface area contributed by atoms with E-state index in [0.29, 0.717) is 5.69 Å². The van der Waals surface area contributed by atoms with Crippen molar-refractivity contribution in [2.75, 3.05) is 4.90 Å². The summed E-state index contributed by atoms with van der Waals surface area (Å²) in [5.41, 5.74) is 0.681. The van der Waals surface area contributed by atoms with Gasteiger partial charge in [0.05, 0.1) is 22.5 Å². The molecule has 4 heterocycles. The molecule has 1 saturated heterocycles. The lowest BCUT2D eigenvalue weighted by Gasteiger charge is -2.42. The fourth-order valence-electron chi connectivity index (χ4n) is 6.64. The van der Waals surface area contributed by atoms with E-state index in [0.717, 1.165) is 16.3 Å². The molecule has 8 heteroatoms. The Labute approximate surface area is 190 Å². The number of anilines is 1. The second kappa shape index (κ2) is 6.43. The van der Waals surface area contributed by atoms with Crippen molar-refractivity contribution < 1.29 is 9.59 Å². The summed E-state index contributed by atoms with van der Waals surface area (Å²) in [6, 6.07) is 13.5. The summed E-state index contributed by atoms with van der Waals surface area (Å²) in [6.07, 6.45) is 0.929. The number of thioether (sulfide) groups is 1. The van der Waals surface area contributed by atoms with E-state index in [9.17, 15) is 14.4 Å². The smallest absolute Gasteiger partial charge is 0.305 e. The second-order valence-corrected chi connectivity index (χ2v) is 12.0. The van der Waals surface area contributed by atoms with Gasteiger partial charge in [-0.05, 0) is 47.8 Å². The van der Waals surface area contributed by atoms with Gasteiger partial charge in [-0.3, -0.25) is 19.3 Å². The summed E-state index contributed by atoms with van der Waals surface area (Å²) in [6.45, 7) is 0. The van der Waals surface area contributed by atoms with E-state index in [1.54, 1.807) is 23.1 Å². The van der Waals surface area contributed by atoms with Crippen molar-refractivity contribution in [3.63, 3.8) is 0 Å². The average molecular weight is 467 g/mol. The van der Waals surface area contributed by atoms with Crippen LogP contribution in [0.15, 0.2) is 57.7 Å². The van der Waals surface area contributed by atoms with Crippen molar-refractivity contribution >= 4 is 51.9 Å². The first kappa shape index (κ1) is 18.4. The number of aromatic amines is 1. The number of carbonyl (C=O) groups is 2. The predicted molar refractivity (Wildman–Crippen MR) is 122 cm³/mol. The highest BCUT2D eigenvalue weighted by Gasteiger charge is 2.69. The molecule has 3 fully saturated rings. The topological polar surface area (TPSA) is 70.2 Å². The molecule has 3 aromatic rings. The van der Waals surface area contributed by atoms with Crippen molar-refractivity contribution in [2.45, 2.75) is 22.6 Å². The highest BCUT2D eigenvalue weighted by molar-refractivity contribution is 8.00. The number of H-pyrrole nitrogens is 1. The van der Waals surface area contributed by atoms with Crippen LogP contribution in [-0.4, -0.2) is 22.0 Å². The third-order valence-corrected chi connectivity index (χ3v) is 11.1.